The van der Waals surface area contributed by atoms with E-state index in [1.807, 2.05) is 18.8 Å². The highest BCUT2D eigenvalue weighted by atomic mass is 32.2. The van der Waals surface area contributed by atoms with Crippen molar-refractivity contribution in [2.24, 2.45) is 10.9 Å². The van der Waals surface area contributed by atoms with Crippen LogP contribution in [-0.2, 0) is 0 Å². The van der Waals surface area contributed by atoms with Crippen molar-refractivity contribution in [2.45, 2.75) is 65.2 Å². The van der Waals surface area contributed by atoms with Crippen molar-refractivity contribution >= 4 is 16.9 Å². The number of amidine groups is 1. The average Bonchev–Trinajstić information content (AvgIpc) is 2.56. The van der Waals surface area contributed by atoms with Gasteiger partial charge in [0.2, 0.25) is 0 Å². The minimum Gasteiger partial charge on any atom is -0.396 e. The summed E-state index contributed by atoms with van der Waals surface area (Å²) in [5.74, 6) is 2.06. The zero-order valence-electron chi connectivity index (χ0n) is 14.7. The number of aliphatic hydroxyl groups excluding tert-OH is 1. The van der Waals surface area contributed by atoms with E-state index in [1.165, 1.54) is 43.6 Å². The molecule has 3 nitrogen and oxygen atoms in total. The standard InChI is InChI=1S/C18H34N2OS/c1-4-10-17(13-9-14-21)20(5-2)18(19-3)22-15-16-11-7-6-8-12-16/h10,16,21H,4-9,11-15H2,1-3H3/b17-10-,19-18?. The smallest absolute Gasteiger partial charge is 0.163 e. The van der Waals surface area contributed by atoms with Crippen LogP contribution < -0.4 is 0 Å². The summed E-state index contributed by atoms with van der Waals surface area (Å²) >= 11 is 1.92. The first-order chi connectivity index (χ1) is 10.8. The van der Waals surface area contributed by atoms with Crippen molar-refractivity contribution in [1.29, 1.82) is 0 Å². The number of hydrogen-bond acceptors (Lipinski definition) is 3. The molecule has 0 radical (unpaired) electrons. The highest BCUT2D eigenvalue weighted by Crippen LogP contribution is 2.28. The molecule has 0 aromatic carbocycles. The molecule has 0 atom stereocenters. The molecular weight excluding hydrogens is 292 g/mol. The molecule has 22 heavy (non-hydrogen) atoms. The highest BCUT2D eigenvalue weighted by Gasteiger charge is 2.18. The van der Waals surface area contributed by atoms with Gasteiger partial charge in [-0.05, 0) is 44.9 Å². The van der Waals surface area contributed by atoms with Gasteiger partial charge in [-0.25, -0.2) is 0 Å². The van der Waals surface area contributed by atoms with Crippen molar-refractivity contribution < 1.29 is 5.11 Å². The van der Waals surface area contributed by atoms with Gasteiger partial charge in [-0.3, -0.25) is 4.99 Å². The van der Waals surface area contributed by atoms with Crippen LogP contribution in [0.3, 0.4) is 0 Å². The minimum atomic E-state index is 0.256. The Balaban J connectivity index is 2.64. The van der Waals surface area contributed by atoms with E-state index in [1.54, 1.807) is 0 Å². The predicted molar refractivity (Wildman–Crippen MR) is 99.5 cm³/mol. The molecule has 1 N–H and O–H groups in total. The molecule has 1 fully saturated rings. The van der Waals surface area contributed by atoms with Gasteiger partial charge in [0.15, 0.2) is 5.17 Å². The number of thioether (sulfide) groups is 1. The summed E-state index contributed by atoms with van der Waals surface area (Å²) in [6.07, 6.45) is 12.1. The summed E-state index contributed by atoms with van der Waals surface area (Å²) in [5.41, 5.74) is 1.32. The topological polar surface area (TPSA) is 35.8 Å². The average molecular weight is 327 g/mol. The second-order valence-corrected chi connectivity index (χ2v) is 6.98. The lowest BCUT2D eigenvalue weighted by atomic mass is 9.91. The van der Waals surface area contributed by atoms with E-state index in [0.717, 1.165) is 36.9 Å². The summed E-state index contributed by atoms with van der Waals surface area (Å²) < 4.78 is 0. The molecule has 0 aromatic rings. The largest absolute Gasteiger partial charge is 0.396 e. The Labute approximate surface area is 141 Å². The number of hydrogen-bond donors (Lipinski definition) is 1. The lowest BCUT2D eigenvalue weighted by Gasteiger charge is -2.29. The number of allylic oxidation sites excluding steroid dienone is 2. The summed E-state index contributed by atoms with van der Waals surface area (Å²) in [7, 11) is 1.90. The number of nitrogens with zero attached hydrogens (tertiary/aromatic N) is 2. The Morgan fingerprint density at radius 1 is 1.27 bits per heavy atom. The first-order valence-corrected chi connectivity index (χ1v) is 9.92. The van der Waals surface area contributed by atoms with Crippen LogP contribution in [-0.4, -0.2) is 41.1 Å². The second-order valence-electron chi connectivity index (χ2n) is 6.00. The van der Waals surface area contributed by atoms with E-state index >= 15 is 0 Å². The molecule has 1 aliphatic carbocycles. The van der Waals surface area contributed by atoms with Crippen molar-refractivity contribution in [3.63, 3.8) is 0 Å². The summed E-state index contributed by atoms with van der Waals surface area (Å²) in [5, 5.41) is 10.3. The number of aliphatic hydroxyl groups is 1. The quantitative estimate of drug-likeness (QED) is 0.520. The van der Waals surface area contributed by atoms with Crippen molar-refractivity contribution in [3.8, 4) is 0 Å². The van der Waals surface area contributed by atoms with Gasteiger partial charge in [0.1, 0.15) is 0 Å². The van der Waals surface area contributed by atoms with Crippen LogP contribution in [0.25, 0.3) is 0 Å². The predicted octanol–water partition coefficient (Wildman–Crippen LogP) is 4.67. The van der Waals surface area contributed by atoms with Gasteiger partial charge in [0.05, 0.1) is 0 Å². The third-order valence-electron chi connectivity index (χ3n) is 4.29. The van der Waals surface area contributed by atoms with Gasteiger partial charge in [0.25, 0.3) is 0 Å². The van der Waals surface area contributed by atoms with Gasteiger partial charge >= 0.3 is 0 Å². The van der Waals surface area contributed by atoms with Gasteiger partial charge < -0.3 is 10.0 Å². The number of rotatable bonds is 8. The van der Waals surface area contributed by atoms with E-state index in [2.05, 4.69) is 29.8 Å². The Morgan fingerprint density at radius 3 is 2.55 bits per heavy atom. The molecule has 1 rings (SSSR count). The normalized spacial score (nSPS) is 17.8. The van der Waals surface area contributed by atoms with Gasteiger partial charge in [0, 0.05) is 31.6 Å². The summed E-state index contributed by atoms with van der Waals surface area (Å²) in [4.78, 5) is 6.90. The zero-order chi connectivity index (χ0) is 16.2. The molecule has 0 spiro atoms. The van der Waals surface area contributed by atoms with E-state index < -0.39 is 0 Å². The SMILES string of the molecule is CC/C=C(/CCCO)N(CC)C(=NC)SCC1CCCCC1. The molecule has 0 bridgehead atoms. The summed E-state index contributed by atoms with van der Waals surface area (Å²) in [6, 6.07) is 0. The molecule has 128 valence electrons. The fraction of sp³-hybridized carbons (Fsp3) is 0.833. The Morgan fingerprint density at radius 2 is 2.00 bits per heavy atom. The van der Waals surface area contributed by atoms with Gasteiger partial charge in [-0.15, -0.1) is 0 Å². The molecule has 0 aromatic heterocycles. The van der Waals surface area contributed by atoms with Gasteiger partial charge in [-0.2, -0.15) is 0 Å². The van der Waals surface area contributed by atoms with Crippen LogP contribution in [0.15, 0.2) is 16.8 Å². The fourth-order valence-electron chi connectivity index (χ4n) is 3.11. The number of aliphatic imine (C=N–C) groups is 1. The Kier molecular flexibility index (Phi) is 10.7. The lowest BCUT2D eigenvalue weighted by molar-refractivity contribution is 0.284. The van der Waals surface area contributed by atoms with Crippen molar-refractivity contribution in [3.05, 3.63) is 11.8 Å². The third-order valence-corrected chi connectivity index (χ3v) is 5.59. The molecule has 1 saturated carbocycles. The third kappa shape index (κ3) is 6.74. The molecular formula is C18H34N2OS. The Bertz CT molecular complexity index is 349. The molecule has 4 heteroatoms. The molecule has 0 saturated heterocycles. The van der Waals surface area contributed by atoms with Gasteiger partial charge in [-0.1, -0.05) is 44.0 Å². The van der Waals surface area contributed by atoms with Crippen molar-refractivity contribution in [2.75, 3.05) is 26.0 Å². The van der Waals surface area contributed by atoms with E-state index in [9.17, 15) is 0 Å². The highest BCUT2D eigenvalue weighted by molar-refractivity contribution is 8.13. The first-order valence-electron chi connectivity index (χ1n) is 8.93. The van der Waals surface area contributed by atoms with E-state index in [0.29, 0.717) is 0 Å². The van der Waals surface area contributed by atoms with Crippen molar-refractivity contribution in [1.82, 2.24) is 4.90 Å². The van der Waals surface area contributed by atoms with Crippen LogP contribution in [0.4, 0.5) is 0 Å². The molecule has 0 aliphatic heterocycles. The van der Waals surface area contributed by atoms with Crippen LogP contribution in [0.2, 0.25) is 0 Å². The molecule has 0 heterocycles. The zero-order valence-corrected chi connectivity index (χ0v) is 15.5. The van der Waals surface area contributed by atoms with Crippen LogP contribution >= 0.6 is 11.8 Å². The maximum atomic E-state index is 9.13. The molecule has 0 amide bonds. The molecule has 0 unspecified atom stereocenters. The summed E-state index contributed by atoms with van der Waals surface area (Å²) in [6.45, 7) is 5.56. The van der Waals surface area contributed by atoms with E-state index in [4.69, 9.17) is 5.11 Å². The van der Waals surface area contributed by atoms with E-state index in [-0.39, 0.29) is 6.61 Å². The van der Waals surface area contributed by atoms with Crippen LogP contribution in [0.1, 0.15) is 65.2 Å². The van der Waals surface area contributed by atoms with Crippen LogP contribution in [0.5, 0.6) is 0 Å². The molecule has 1 aliphatic rings. The lowest BCUT2D eigenvalue weighted by Crippen LogP contribution is -2.29. The minimum absolute atomic E-state index is 0.256. The second kappa shape index (κ2) is 12.0. The fourth-order valence-corrected chi connectivity index (χ4v) is 4.36. The monoisotopic (exact) mass is 326 g/mol. The first kappa shape index (κ1) is 19.6. The maximum absolute atomic E-state index is 9.13. The maximum Gasteiger partial charge on any atom is 0.163 e. The van der Waals surface area contributed by atoms with Crippen LogP contribution in [0, 0.1) is 5.92 Å². The Hall–Kier alpha value is -0.480.